The van der Waals surface area contributed by atoms with Gasteiger partial charge in [-0.25, -0.2) is 0 Å². The predicted octanol–water partition coefficient (Wildman–Crippen LogP) is 1.92. The van der Waals surface area contributed by atoms with Gasteiger partial charge >= 0.3 is 0 Å². The second kappa shape index (κ2) is 6.51. The highest BCUT2D eigenvalue weighted by Crippen LogP contribution is 2.50. The van der Waals surface area contributed by atoms with Crippen molar-refractivity contribution in [3.63, 3.8) is 0 Å². The summed E-state index contributed by atoms with van der Waals surface area (Å²) in [6, 6.07) is 1.63. The van der Waals surface area contributed by atoms with Crippen LogP contribution in [-0.4, -0.2) is 46.0 Å². The van der Waals surface area contributed by atoms with E-state index in [9.17, 15) is 9.59 Å². The highest BCUT2D eigenvalue weighted by Gasteiger charge is 2.58. The van der Waals surface area contributed by atoms with Crippen LogP contribution in [0.1, 0.15) is 48.8 Å². The summed E-state index contributed by atoms with van der Waals surface area (Å²) >= 11 is 0. The van der Waals surface area contributed by atoms with Gasteiger partial charge in [0.05, 0.1) is 17.2 Å². The van der Waals surface area contributed by atoms with E-state index >= 15 is 0 Å². The maximum Gasteiger partial charge on any atom is 0.254 e. The fraction of sp³-hybridized carbons (Fsp3) is 0.579. The van der Waals surface area contributed by atoms with E-state index in [4.69, 9.17) is 8.94 Å². The lowest BCUT2D eigenvalue weighted by Gasteiger charge is -2.26. The second-order valence-corrected chi connectivity index (χ2v) is 8.00. The Morgan fingerprint density at radius 2 is 2.22 bits per heavy atom. The molecule has 3 atom stereocenters. The van der Waals surface area contributed by atoms with Crippen molar-refractivity contribution in [2.75, 3.05) is 13.1 Å². The SMILES string of the molecule is Cc1noc([C@]23C[C@H](NC(=O)c4ccoc4)C[C@H]2CN(C(=O)C(C)C)C3)n1. The molecule has 27 heavy (non-hydrogen) atoms. The third-order valence-corrected chi connectivity index (χ3v) is 5.75. The molecule has 2 aliphatic rings. The lowest BCUT2D eigenvalue weighted by atomic mass is 9.80. The summed E-state index contributed by atoms with van der Waals surface area (Å²) in [5.41, 5.74) is 0.103. The third kappa shape index (κ3) is 3.02. The Hall–Kier alpha value is -2.64. The molecule has 2 aromatic rings. The number of furan rings is 1. The van der Waals surface area contributed by atoms with E-state index in [-0.39, 0.29) is 29.7 Å². The van der Waals surface area contributed by atoms with E-state index in [0.717, 1.165) is 6.42 Å². The monoisotopic (exact) mass is 372 g/mol. The number of carbonyl (C=O) groups is 2. The Balaban J connectivity index is 1.57. The van der Waals surface area contributed by atoms with Gasteiger partial charge in [0.2, 0.25) is 11.8 Å². The largest absolute Gasteiger partial charge is 0.472 e. The Labute approximate surface area is 157 Å². The van der Waals surface area contributed by atoms with Gasteiger partial charge in [-0.1, -0.05) is 19.0 Å². The van der Waals surface area contributed by atoms with Gasteiger partial charge in [-0.15, -0.1) is 0 Å². The van der Waals surface area contributed by atoms with Crippen LogP contribution in [0.2, 0.25) is 0 Å². The van der Waals surface area contributed by atoms with Crippen molar-refractivity contribution < 1.29 is 18.5 Å². The van der Waals surface area contributed by atoms with Crippen LogP contribution < -0.4 is 5.32 Å². The van der Waals surface area contributed by atoms with Crippen LogP contribution in [0.25, 0.3) is 0 Å². The standard InChI is InChI=1S/C19H24N4O4/c1-11(2)17(25)23-8-14-6-15(21-16(24)13-4-5-26-9-13)7-19(14,10-23)18-20-12(3)22-27-18/h4-5,9,11,14-15H,6-8,10H2,1-3H3,(H,21,24)/t14-,15+,19-/m0/s1. The Morgan fingerprint density at radius 3 is 2.85 bits per heavy atom. The average molecular weight is 372 g/mol. The third-order valence-electron chi connectivity index (χ3n) is 5.75. The van der Waals surface area contributed by atoms with Gasteiger partial charge in [-0.2, -0.15) is 4.98 Å². The van der Waals surface area contributed by atoms with Crippen molar-refractivity contribution in [1.82, 2.24) is 20.4 Å². The molecule has 0 bridgehead atoms. The maximum atomic E-state index is 12.5. The summed E-state index contributed by atoms with van der Waals surface area (Å²) in [6.45, 7) is 6.81. The fourth-order valence-electron chi connectivity index (χ4n) is 4.51. The number of likely N-dealkylation sites (tertiary alicyclic amines) is 1. The van der Waals surface area contributed by atoms with Crippen molar-refractivity contribution in [1.29, 1.82) is 0 Å². The number of nitrogens with zero attached hydrogens (tertiary/aromatic N) is 3. The second-order valence-electron chi connectivity index (χ2n) is 8.00. The van der Waals surface area contributed by atoms with Crippen LogP contribution in [0.15, 0.2) is 27.5 Å². The van der Waals surface area contributed by atoms with E-state index in [0.29, 0.717) is 36.8 Å². The predicted molar refractivity (Wildman–Crippen MR) is 94.8 cm³/mol. The number of carbonyl (C=O) groups excluding carboxylic acids is 2. The van der Waals surface area contributed by atoms with Crippen molar-refractivity contribution in [2.45, 2.75) is 45.1 Å². The van der Waals surface area contributed by atoms with E-state index in [1.807, 2.05) is 18.7 Å². The fourth-order valence-corrected chi connectivity index (χ4v) is 4.51. The van der Waals surface area contributed by atoms with Crippen molar-refractivity contribution in [3.05, 3.63) is 35.9 Å². The molecule has 0 spiro atoms. The van der Waals surface area contributed by atoms with Gasteiger partial charge < -0.3 is 19.2 Å². The molecule has 1 aliphatic heterocycles. The molecular weight excluding hydrogens is 348 g/mol. The molecule has 1 saturated carbocycles. The highest BCUT2D eigenvalue weighted by molar-refractivity contribution is 5.94. The molecule has 144 valence electrons. The zero-order valence-corrected chi connectivity index (χ0v) is 15.8. The first-order valence-corrected chi connectivity index (χ1v) is 9.31. The molecule has 0 radical (unpaired) electrons. The molecule has 2 aromatic heterocycles. The number of rotatable bonds is 4. The van der Waals surface area contributed by atoms with Crippen LogP contribution in [0.4, 0.5) is 0 Å². The quantitative estimate of drug-likeness (QED) is 0.880. The van der Waals surface area contributed by atoms with E-state index in [1.165, 1.54) is 12.5 Å². The summed E-state index contributed by atoms with van der Waals surface area (Å²) in [7, 11) is 0. The molecular formula is C19H24N4O4. The molecule has 1 saturated heterocycles. The number of hydrogen-bond acceptors (Lipinski definition) is 6. The van der Waals surface area contributed by atoms with Gasteiger partial charge in [-0.05, 0) is 31.7 Å². The number of amides is 2. The minimum atomic E-state index is -0.403. The smallest absolute Gasteiger partial charge is 0.254 e. The summed E-state index contributed by atoms with van der Waals surface area (Å²) in [5, 5.41) is 7.04. The van der Waals surface area contributed by atoms with Gasteiger partial charge in [0.15, 0.2) is 5.82 Å². The highest BCUT2D eigenvalue weighted by atomic mass is 16.5. The van der Waals surface area contributed by atoms with E-state index in [1.54, 1.807) is 13.0 Å². The van der Waals surface area contributed by atoms with Crippen molar-refractivity contribution in [2.24, 2.45) is 11.8 Å². The van der Waals surface area contributed by atoms with Gasteiger partial charge in [-0.3, -0.25) is 9.59 Å². The van der Waals surface area contributed by atoms with Crippen LogP contribution in [-0.2, 0) is 10.2 Å². The Kier molecular flexibility index (Phi) is 4.28. The molecule has 0 unspecified atom stereocenters. The summed E-state index contributed by atoms with van der Waals surface area (Å²) in [4.78, 5) is 31.3. The molecule has 8 nitrogen and oxygen atoms in total. The zero-order chi connectivity index (χ0) is 19.2. The van der Waals surface area contributed by atoms with Gasteiger partial charge in [0.25, 0.3) is 5.91 Å². The lowest BCUT2D eigenvalue weighted by Crippen LogP contribution is -2.40. The topological polar surface area (TPSA) is 101 Å². The number of hydrogen-bond donors (Lipinski definition) is 1. The van der Waals surface area contributed by atoms with Gasteiger partial charge in [0, 0.05) is 25.0 Å². The van der Waals surface area contributed by atoms with Crippen LogP contribution in [0.3, 0.4) is 0 Å². The summed E-state index contributed by atoms with van der Waals surface area (Å²) in [6.07, 6.45) is 4.36. The summed E-state index contributed by atoms with van der Waals surface area (Å²) in [5.74, 6) is 1.26. The molecule has 2 fully saturated rings. The molecule has 4 rings (SSSR count). The average Bonchev–Trinajstić information content (AvgIpc) is 3.36. The minimum absolute atomic E-state index is 0.0130. The Bertz CT molecular complexity index is 844. The first kappa shape index (κ1) is 17.8. The minimum Gasteiger partial charge on any atom is -0.472 e. The van der Waals surface area contributed by atoms with E-state index in [2.05, 4.69) is 15.5 Å². The lowest BCUT2D eigenvalue weighted by molar-refractivity contribution is -0.133. The number of aromatic nitrogens is 2. The van der Waals surface area contributed by atoms with Gasteiger partial charge in [0.1, 0.15) is 6.26 Å². The van der Waals surface area contributed by atoms with Crippen molar-refractivity contribution in [3.8, 4) is 0 Å². The molecule has 1 aliphatic carbocycles. The number of fused-ring (bicyclic) bond motifs is 1. The zero-order valence-electron chi connectivity index (χ0n) is 15.8. The molecule has 2 amide bonds. The maximum absolute atomic E-state index is 12.5. The molecule has 0 aromatic carbocycles. The van der Waals surface area contributed by atoms with Crippen LogP contribution in [0.5, 0.6) is 0 Å². The first-order chi connectivity index (χ1) is 12.9. The van der Waals surface area contributed by atoms with E-state index < -0.39 is 5.41 Å². The molecule has 8 heteroatoms. The van der Waals surface area contributed by atoms with Crippen LogP contribution in [0, 0.1) is 18.8 Å². The normalized spacial score (nSPS) is 27.2. The number of aryl methyl sites for hydroxylation is 1. The van der Waals surface area contributed by atoms with Crippen molar-refractivity contribution >= 4 is 11.8 Å². The molecule has 1 N–H and O–H groups in total. The Morgan fingerprint density at radius 1 is 1.41 bits per heavy atom. The van der Waals surface area contributed by atoms with Crippen LogP contribution >= 0.6 is 0 Å². The summed E-state index contributed by atoms with van der Waals surface area (Å²) < 4.78 is 10.5. The number of nitrogens with one attached hydrogen (secondary N) is 1. The first-order valence-electron chi connectivity index (χ1n) is 9.31. The molecule has 3 heterocycles.